The Morgan fingerprint density at radius 2 is 1.44 bits per heavy atom. The van der Waals surface area contributed by atoms with Crippen LogP contribution in [0.1, 0.15) is 71.8 Å². The first-order chi connectivity index (χ1) is 15.3. The Balaban J connectivity index is 1.99. The summed E-state index contributed by atoms with van der Waals surface area (Å²) in [4.78, 5) is 13.3. The molecular formula is C26H45NO5. The van der Waals surface area contributed by atoms with Crippen molar-refractivity contribution in [3.63, 3.8) is 0 Å². The standard InChI is InChI=1S/C26H45NO5/c1-6-7-8-9-10-11-12-23-13-15-24(16-14-23)31-22-21-30-20-19-29-18-17-27(5)25(28)32-26(2,3)4/h13-16H,6-12,17-22H2,1-5H3. The first kappa shape index (κ1) is 28.2. The monoisotopic (exact) mass is 451 g/mol. The van der Waals surface area contributed by atoms with Crippen LogP contribution in [0.5, 0.6) is 5.75 Å². The number of benzene rings is 1. The van der Waals surface area contributed by atoms with Gasteiger partial charge in [-0.25, -0.2) is 4.79 Å². The fourth-order valence-corrected chi connectivity index (χ4v) is 3.03. The van der Waals surface area contributed by atoms with Crippen molar-refractivity contribution in [1.82, 2.24) is 4.90 Å². The summed E-state index contributed by atoms with van der Waals surface area (Å²) >= 11 is 0. The highest BCUT2D eigenvalue weighted by atomic mass is 16.6. The normalized spacial score (nSPS) is 11.4. The summed E-state index contributed by atoms with van der Waals surface area (Å²) in [5, 5.41) is 0. The molecule has 1 aromatic rings. The van der Waals surface area contributed by atoms with Crippen LogP contribution < -0.4 is 4.74 Å². The van der Waals surface area contributed by atoms with E-state index in [1.165, 1.54) is 49.0 Å². The highest BCUT2D eigenvalue weighted by Gasteiger charge is 2.19. The zero-order valence-electron chi connectivity index (χ0n) is 21.0. The predicted molar refractivity (Wildman–Crippen MR) is 130 cm³/mol. The number of unbranched alkanes of at least 4 members (excludes halogenated alkanes) is 5. The van der Waals surface area contributed by atoms with Gasteiger partial charge in [0.15, 0.2) is 0 Å². The number of hydrogen-bond donors (Lipinski definition) is 0. The van der Waals surface area contributed by atoms with Gasteiger partial charge in [-0.15, -0.1) is 0 Å². The smallest absolute Gasteiger partial charge is 0.410 e. The van der Waals surface area contributed by atoms with E-state index in [0.29, 0.717) is 39.6 Å². The van der Waals surface area contributed by atoms with E-state index in [4.69, 9.17) is 18.9 Å². The maximum Gasteiger partial charge on any atom is 0.410 e. The molecule has 0 spiro atoms. The van der Waals surface area contributed by atoms with E-state index < -0.39 is 5.60 Å². The summed E-state index contributed by atoms with van der Waals surface area (Å²) in [6.07, 6.45) is 8.75. The lowest BCUT2D eigenvalue weighted by atomic mass is 10.0. The predicted octanol–water partition coefficient (Wildman–Crippen LogP) is 5.87. The molecular weight excluding hydrogens is 406 g/mol. The van der Waals surface area contributed by atoms with Gasteiger partial charge in [-0.3, -0.25) is 0 Å². The molecule has 6 nitrogen and oxygen atoms in total. The molecule has 1 amide bonds. The zero-order chi connectivity index (χ0) is 23.7. The van der Waals surface area contributed by atoms with E-state index in [9.17, 15) is 4.79 Å². The molecule has 0 aliphatic rings. The molecule has 6 heteroatoms. The van der Waals surface area contributed by atoms with E-state index in [-0.39, 0.29) is 6.09 Å². The second-order valence-corrected chi connectivity index (χ2v) is 9.14. The van der Waals surface area contributed by atoms with Gasteiger partial charge in [0.25, 0.3) is 0 Å². The summed E-state index contributed by atoms with van der Waals surface area (Å²) < 4.78 is 22.1. The van der Waals surface area contributed by atoms with Crippen LogP contribution in [0.25, 0.3) is 0 Å². The second-order valence-electron chi connectivity index (χ2n) is 9.14. The number of carbonyl (C=O) groups is 1. The lowest BCUT2D eigenvalue weighted by Gasteiger charge is -2.24. The Kier molecular flexibility index (Phi) is 14.8. The van der Waals surface area contributed by atoms with Crippen LogP contribution in [-0.4, -0.2) is 63.2 Å². The van der Waals surface area contributed by atoms with Gasteiger partial charge in [-0.05, 0) is 51.3 Å². The van der Waals surface area contributed by atoms with Crippen LogP contribution in [0.4, 0.5) is 4.79 Å². The fraction of sp³-hybridized carbons (Fsp3) is 0.731. The average molecular weight is 452 g/mol. The molecule has 0 saturated carbocycles. The molecule has 0 heterocycles. The van der Waals surface area contributed by atoms with Crippen molar-refractivity contribution < 1.29 is 23.7 Å². The summed E-state index contributed by atoms with van der Waals surface area (Å²) in [5.74, 6) is 0.877. The van der Waals surface area contributed by atoms with Crippen LogP contribution in [0.15, 0.2) is 24.3 Å². The highest BCUT2D eigenvalue weighted by molar-refractivity contribution is 5.67. The molecule has 0 radical (unpaired) electrons. The number of rotatable bonds is 17. The molecule has 0 aliphatic carbocycles. The van der Waals surface area contributed by atoms with Gasteiger partial charge in [-0.1, -0.05) is 51.2 Å². The molecule has 0 N–H and O–H groups in total. The van der Waals surface area contributed by atoms with E-state index >= 15 is 0 Å². The quantitative estimate of drug-likeness (QED) is 0.277. The second kappa shape index (κ2) is 16.8. The Morgan fingerprint density at radius 3 is 2.09 bits per heavy atom. The van der Waals surface area contributed by atoms with Crippen molar-refractivity contribution in [2.24, 2.45) is 0 Å². The third kappa shape index (κ3) is 15.1. The van der Waals surface area contributed by atoms with Crippen LogP contribution in [0, 0.1) is 0 Å². The molecule has 0 aliphatic heterocycles. The third-order valence-corrected chi connectivity index (χ3v) is 4.89. The summed E-state index contributed by atoms with van der Waals surface area (Å²) in [6.45, 7) is 10.7. The zero-order valence-corrected chi connectivity index (χ0v) is 21.0. The SMILES string of the molecule is CCCCCCCCc1ccc(OCCOCCOCCN(C)C(=O)OC(C)(C)C)cc1. The Hall–Kier alpha value is -1.79. The third-order valence-electron chi connectivity index (χ3n) is 4.89. The van der Waals surface area contributed by atoms with Gasteiger partial charge in [-0.2, -0.15) is 0 Å². The van der Waals surface area contributed by atoms with Crippen molar-refractivity contribution in [2.75, 3.05) is 46.6 Å². The number of amides is 1. The lowest BCUT2D eigenvalue weighted by molar-refractivity contribution is 0.0134. The van der Waals surface area contributed by atoms with E-state index in [0.717, 1.165) is 12.2 Å². The molecule has 184 valence electrons. The van der Waals surface area contributed by atoms with Crippen molar-refractivity contribution in [1.29, 1.82) is 0 Å². The molecule has 0 bridgehead atoms. The Bertz CT molecular complexity index is 597. The van der Waals surface area contributed by atoms with Crippen molar-refractivity contribution >= 4 is 6.09 Å². The van der Waals surface area contributed by atoms with Crippen molar-refractivity contribution in [3.05, 3.63) is 29.8 Å². The van der Waals surface area contributed by atoms with Crippen molar-refractivity contribution in [2.45, 2.75) is 78.2 Å². The molecule has 0 unspecified atom stereocenters. The van der Waals surface area contributed by atoms with Gasteiger partial charge in [0.05, 0.1) is 26.4 Å². The maximum atomic E-state index is 11.8. The van der Waals surface area contributed by atoms with Gasteiger partial charge < -0.3 is 23.8 Å². The Labute approximate surface area is 195 Å². The van der Waals surface area contributed by atoms with Gasteiger partial charge in [0.1, 0.15) is 18.0 Å². The number of hydrogen-bond acceptors (Lipinski definition) is 5. The molecule has 0 fully saturated rings. The van der Waals surface area contributed by atoms with E-state index in [1.54, 1.807) is 7.05 Å². The van der Waals surface area contributed by atoms with Gasteiger partial charge >= 0.3 is 6.09 Å². The molecule has 0 aromatic heterocycles. The summed E-state index contributed by atoms with van der Waals surface area (Å²) in [6, 6.07) is 8.39. The topological polar surface area (TPSA) is 57.2 Å². The number of aryl methyl sites for hydroxylation is 1. The largest absolute Gasteiger partial charge is 0.491 e. The van der Waals surface area contributed by atoms with E-state index in [2.05, 4.69) is 19.1 Å². The van der Waals surface area contributed by atoms with Crippen LogP contribution in [0.3, 0.4) is 0 Å². The van der Waals surface area contributed by atoms with E-state index in [1.807, 2.05) is 32.9 Å². The number of nitrogens with zero attached hydrogens (tertiary/aromatic N) is 1. The van der Waals surface area contributed by atoms with Crippen molar-refractivity contribution in [3.8, 4) is 5.75 Å². The number of likely N-dealkylation sites (N-methyl/N-ethyl adjacent to an activating group) is 1. The fourth-order valence-electron chi connectivity index (χ4n) is 3.03. The summed E-state index contributed by atoms with van der Waals surface area (Å²) in [7, 11) is 1.70. The highest BCUT2D eigenvalue weighted by Crippen LogP contribution is 2.15. The number of ether oxygens (including phenoxy) is 4. The minimum Gasteiger partial charge on any atom is -0.491 e. The maximum absolute atomic E-state index is 11.8. The summed E-state index contributed by atoms with van der Waals surface area (Å²) in [5.41, 5.74) is 0.885. The number of carbonyl (C=O) groups excluding carboxylic acids is 1. The molecule has 0 saturated heterocycles. The van der Waals surface area contributed by atoms with Crippen LogP contribution in [0.2, 0.25) is 0 Å². The molecule has 1 rings (SSSR count). The molecule has 1 aromatic carbocycles. The minimum absolute atomic E-state index is 0.343. The molecule has 0 atom stereocenters. The molecule has 32 heavy (non-hydrogen) atoms. The van der Waals surface area contributed by atoms with Gasteiger partial charge in [0, 0.05) is 13.6 Å². The van der Waals surface area contributed by atoms with Crippen LogP contribution in [-0.2, 0) is 20.6 Å². The lowest BCUT2D eigenvalue weighted by Crippen LogP contribution is -2.36. The van der Waals surface area contributed by atoms with Crippen LogP contribution >= 0.6 is 0 Å². The first-order valence-electron chi connectivity index (χ1n) is 12.1. The first-order valence-corrected chi connectivity index (χ1v) is 12.1. The Morgan fingerprint density at radius 1 is 0.844 bits per heavy atom. The minimum atomic E-state index is -0.488. The van der Waals surface area contributed by atoms with Gasteiger partial charge in [0.2, 0.25) is 0 Å². The average Bonchev–Trinajstić information content (AvgIpc) is 2.74.